The highest BCUT2D eigenvalue weighted by Gasteiger charge is 2.34. The Morgan fingerprint density at radius 1 is 0.964 bits per heavy atom. The minimum Gasteiger partial charge on any atom is -0.342 e. The molecule has 5 nitrogen and oxygen atoms in total. The third-order valence-electron chi connectivity index (χ3n) is 6.78. The van der Waals surface area contributed by atoms with Crippen LogP contribution in [0, 0.1) is 17.2 Å². The van der Waals surface area contributed by atoms with Crippen LogP contribution in [0.3, 0.4) is 0 Å². The maximum atomic E-state index is 12.8. The van der Waals surface area contributed by atoms with Gasteiger partial charge in [0.25, 0.3) is 0 Å². The Morgan fingerprint density at radius 3 is 2.36 bits per heavy atom. The van der Waals surface area contributed by atoms with Crippen LogP contribution in [0.5, 0.6) is 0 Å². The number of nitriles is 1. The first kappa shape index (κ1) is 19.4. The van der Waals surface area contributed by atoms with Crippen LogP contribution < -0.4 is 0 Å². The number of carbonyl (C=O) groups excluding carboxylic acids is 1. The lowest BCUT2D eigenvalue weighted by Gasteiger charge is -2.42. The molecule has 3 fully saturated rings. The second-order valence-corrected chi connectivity index (χ2v) is 8.68. The topological polar surface area (TPSA) is 50.6 Å². The van der Waals surface area contributed by atoms with E-state index in [0.29, 0.717) is 11.9 Å². The molecule has 1 aromatic carbocycles. The normalized spacial score (nSPS) is 25.0. The summed E-state index contributed by atoms with van der Waals surface area (Å²) < 4.78 is 0. The predicted octanol–water partition coefficient (Wildman–Crippen LogP) is 2.86. The van der Waals surface area contributed by atoms with E-state index in [0.717, 1.165) is 64.2 Å². The van der Waals surface area contributed by atoms with Crippen molar-refractivity contribution in [2.75, 3.05) is 39.3 Å². The molecule has 1 atom stereocenters. The zero-order valence-corrected chi connectivity index (χ0v) is 16.9. The van der Waals surface area contributed by atoms with Gasteiger partial charge in [0.15, 0.2) is 0 Å². The van der Waals surface area contributed by atoms with E-state index >= 15 is 0 Å². The maximum Gasteiger partial charge on any atom is 0.226 e. The van der Waals surface area contributed by atoms with E-state index in [4.69, 9.17) is 5.26 Å². The van der Waals surface area contributed by atoms with E-state index in [-0.39, 0.29) is 5.92 Å². The first-order valence-electron chi connectivity index (χ1n) is 11.0. The lowest BCUT2D eigenvalue weighted by atomic mass is 9.93. The molecule has 28 heavy (non-hydrogen) atoms. The van der Waals surface area contributed by atoms with Crippen molar-refractivity contribution in [1.29, 1.82) is 5.26 Å². The van der Waals surface area contributed by atoms with Crippen molar-refractivity contribution in [3.05, 3.63) is 35.4 Å². The molecule has 0 bridgehead atoms. The van der Waals surface area contributed by atoms with E-state index in [9.17, 15) is 4.79 Å². The maximum absolute atomic E-state index is 12.8. The Morgan fingerprint density at radius 2 is 1.68 bits per heavy atom. The summed E-state index contributed by atoms with van der Waals surface area (Å²) in [6.45, 7) is 7.28. The fourth-order valence-corrected chi connectivity index (χ4v) is 5.12. The van der Waals surface area contributed by atoms with Crippen LogP contribution in [-0.4, -0.2) is 65.9 Å². The van der Waals surface area contributed by atoms with Crippen molar-refractivity contribution < 1.29 is 4.79 Å². The summed E-state index contributed by atoms with van der Waals surface area (Å²) in [5.74, 6) is 0.643. The molecular formula is C23H32N4O. The molecule has 5 heteroatoms. The summed E-state index contributed by atoms with van der Waals surface area (Å²) in [6.07, 6.45) is 6.99. The van der Waals surface area contributed by atoms with Gasteiger partial charge in [-0.15, -0.1) is 0 Å². The number of hydrogen-bond donors (Lipinski definition) is 0. The van der Waals surface area contributed by atoms with Gasteiger partial charge in [-0.2, -0.15) is 5.26 Å². The number of nitrogens with zero attached hydrogens (tertiary/aromatic N) is 4. The monoisotopic (exact) mass is 380 g/mol. The Balaban J connectivity index is 1.26. The fourth-order valence-electron chi connectivity index (χ4n) is 5.12. The SMILES string of the molecule is N#Cc1ccc(CN2CCC(N3CCC[C@@H](C(=O)N4CCCC4)C3)CC2)cc1. The first-order valence-corrected chi connectivity index (χ1v) is 11.0. The summed E-state index contributed by atoms with van der Waals surface area (Å²) in [7, 11) is 0. The third-order valence-corrected chi connectivity index (χ3v) is 6.78. The highest BCUT2D eigenvalue weighted by atomic mass is 16.2. The van der Waals surface area contributed by atoms with Crippen LogP contribution in [0.2, 0.25) is 0 Å². The molecule has 0 unspecified atom stereocenters. The van der Waals surface area contributed by atoms with E-state index in [2.05, 4.69) is 32.9 Å². The Labute approximate surface area is 168 Å². The third kappa shape index (κ3) is 4.56. The molecule has 0 spiro atoms. The van der Waals surface area contributed by atoms with Crippen LogP contribution >= 0.6 is 0 Å². The molecule has 3 saturated heterocycles. The second kappa shape index (κ2) is 9.07. The van der Waals surface area contributed by atoms with Gasteiger partial charge in [0.1, 0.15) is 0 Å². The highest BCUT2D eigenvalue weighted by Crippen LogP contribution is 2.26. The zero-order chi connectivity index (χ0) is 19.3. The molecule has 4 rings (SSSR count). The molecule has 0 aliphatic carbocycles. The Bertz CT molecular complexity index is 696. The van der Waals surface area contributed by atoms with Gasteiger partial charge in [-0.1, -0.05) is 12.1 Å². The number of amides is 1. The van der Waals surface area contributed by atoms with Gasteiger partial charge in [-0.3, -0.25) is 14.6 Å². The van der Waals surface area contributed by atoms with Gasteiger partial charge in [-0.25, -0.2) is 0 Å². The lowest BCUT2D eigenvalue weighted by Crippen LogP contribution is -2.51. The van der Waals surface area contributed by atoms with Crippen LogP contribution in [0.1, 0.15) is 49.7 Å². The first-order chi connectivity index (χ1) is 13.7. The van der Waals surface area contributed by atoms with E-state index in [1.807, 2.05) is 12.1 Å². The summed E-state index contributed by atoms with van der Waals surface area (Å²) >= 11 is 0. The molecule has 1 aromatic rings. The molecule has 150 valence electrons. The van der Waals surface area contributed by atoms with Crippen molar-refractivity contribution in [3.8, 4) is 6.07 Å². The lowest BCUT2D eigenvalue weighted by molar-refractivity contribution is -0.136. The van der Waals surface area contributed by atoms with E-state index in [1.165, 1.54) is 31.2 Å². The molecule has 0 aromatic heterocycles. The van der Waals surface area contributed by atoms with Gasteiger partial charge in [0.2, 0.25) is 5.91 Å². The van der Waals surface area contributed by atoms with E-state index < -0.39 is 0 Å². The molecule has 0 radical (unpaired) electrons. The molecule has 0 N–H and O–H groups in total. The molecule has 1 amide bonds. The Kier molecular flexibility index (Phi) is 6.29. The smallest absolute Gasteiger partial charge is 0.226 e. The van der Waals surface area contributed by atoms with Crippen molar-refractivity contribution in [3.63, 3.8) is 0 Å². The fraction of sp³-hybridized carbons (Fsp3) is 0.652. The number of carbonyl (C=O) groups is 1. The predicted molar refractivity (Wildman–Crippen MR) is 110 cm³/mol. The molecule has 3 heterocycles. The number of piperidine rings is 2. The number of hydrogen-bond acceptors (Lipinski definition) is 4. The van der Waals surface area contributed by atoms with Crippen molar-refractivity contribution in [2.24, 2.45) is 5.92 Å². The van der Waals surface area contributed by atoms with Crippen LogP contribution in [0.4, 0.5) is 0 Å². The summed E-state index contributed by atoms with van der Waals surface area (Å²) in [5, 5.41) is 8.93. The average molecular weight is 381 g/mol. The molecule has 3 aliphatic heterocycles. The minimum absolute atomic E-state index is 0.225. The molecular weight excluding hydrogens is 348 g/mol. The van der Waals surface area contributed by atoms with Crippen LogP contribution in [0.15, 0.2) is 24.3 Å². The second-order valence-electron chi connectivity index (χ2n) is 8.68. The van der Waals surface area contributed by atoms with E-state index in [1.54, 1.807) is 0 Å². The number of benzene rings is 1. The van der Waals surface area contributed by atoms with Crippen LogP contribution in [-0.2, 0) is 11.3 Å². The van der Waals surface area contributed by atoms with Crippen molar-refractivity contribution >= 4 is 5.91 Å². The van der Waals surface area contributed by atoms with Gasteiger partial charge in [0, 0.05) is 32.2 Å². The summed E-state index contributed by atoms with van der Waals surface area (Å²) in [6, 6.07) is 10.8. The number of rotatable bonds is 4. The van der Waals surface area contributed by atoms with Gasteiger partial charge >= 0.3 is 0 Å². The standard InChI is InChI=1S/C23H32N4O/c24-16-19-5-7-20(8-6-19)17-25-14-9-22(10-15-25)27-13-3-4-21(18-27)23(28)26-11-1-2-12-26/h5-8,21-22H,1-4,9-15,17-18H2/t21-/m1/s1. The molecule has 0 saturated carbocycles. The van der Waals surface area contributed by atoms with Crippen molar-refractivity contribution in [1.82, 2.24) is 14.7 Å². The molecule has 3 aliphatic rings. The average Bonchev–Trinajstić information content (AvgIpc) is 3.29. The van der Waals surface area contributed by atoms with Crippen LogP contribution in [0.25, 0.3) is 0 Å². The van der Waals surface area contributed by atoms with Gasteiger partial charge < -0.3 is 4.90 Å². The minimum atomic E-state index is 0.225. The zero-order valence-electron chi connectivity index (χ0n) is 16.9. The highest BCUT2D eigenvalue weighted by molar-refractivity contribution is 5.79. The largest absolute Gasteiger partial charge is 0.342 e. The Hall–Kier alpha value is -1.90. The van der Waals surface area contributed by atoms with Gasteiger partial charge in [0.05, 0.1) is 17.6 Å². The summed E-state index contributed by atoms with van der Waals surface area (Å²) in [5.41, 5.74) is 2.01. The van der Waals surface area contributed by atoms with Gasteiger partial charge in [-0.05, 0) is 75.9 Å². The quantitative estimate of drug-likeness (QED) is 0.806. The van der Waals surface area contributed by atoms with Crippen molar-refractivity contribution in [2.45, 2.75) is 51.1 Å². The summed E-state index contributed by atoms with van der Waals surface area (Å²) in [4.78, 5) is 20.0. The number of likely N-dealkylation sites (tertiary alicyclic amines) is 3.